The number of aromatic nitrogens is 1. The first-order chi connectivity index (χ1) is 12.1. The summed E-state index contributed by atoms with van der Waals surface area (Å²) in [7, 11) is 2.20. The number of hydrogen-bond donors (Lipinski definition) is 2. The Morgan fingerprint density at radius 2 is 2.00 bits per heavy atom. The Balaban J connectivity index is 0.00000338. The van der Waals surface area contributed by atoms with E-state index in [2.05, 4.69) is 58.2 Å². The van der Waals surface area contributed by atoms with Crippen molar-refractivity contribution in [3.8, 4) is 0 Å². The number of halogens is 1. The number of piperazine rings is 1. The fourth-order valence-corrected chi connectivity index (χ4v) is 3.67. The molecule has 0 aliphatic carbocycles. The largest absolute Gasteiger partial charge is 0.357 e. The van der Waals surface area contributed by atoms with Crippen LogP contribution in [0.1, 0.15) is 30.7 Å². The van der Waals surface area contributed by atoms with Crippen molar-refractivity contribution >= 4 is 41.3 Å². The SMILES string of the molecule is CCNC(=NCc1ncc(CC)s1)NCC(C)CN1CCN(C)CC1.I. The predicted octanol–water partition coefficient (Wildman–Crippen LogP) is 2.26. The van der Waals surface area contributed by atoms with Crippen LogP contribution in [0.5, 0.6) is 0 Å². The zero-order chi connectivity index (χ0) is 18.1. The number of hydrogen-bond acceptors (Lipinski definition) is 5. The summed E-state index contributed by atoms with van der Waals surface area (Å²) < 4.78 is 0. The lowest BCUT2D eigenvalue weighted by Gasteiger charge is -2.34. The van der Waals surface area contributed by atoms with E-state index in [9.17, 15) is 0 Å². The molecule has 2 heterocycles. The molecule has 26 heavy (non-hydrogen) atoms. The molecule has 1 fully saturated rings. The van der Waals surface area contributed by atoms with E-state index in [1.165, 1.54) is 31.1 Å². The summed E-state index contributed by atoms with van der Waals surface area (Å²) in [5.74, 6) is 1.49. The number of rotatable bonds is 8. The van der Waals surface area contributed by atoms with Crippen LogP contribution in [0.4, 0.5) is 0 Å². The van der Waals surface area contributed by atoms with Gasteiger partial charge >= 0.3 is 0 Å². The van der Waals surface area contributed by atoms with Crippen LogP contribution in [0.3, 0.4) is 0 Å². The second kappa shape index (κ2) is 12.9. The van der Waals surface area contributed by atoms with Gasteiger partial charge in [0.2, 0.25) is 0 Å². The van der Waals surface area contributed by atoms with Crippen LogP contribution < -0.4 is 10.6 Å². The highest BCUT2D eigenvalue weighted by molar-refractivity contribution is 14.0. The molecule has 1 saturated heterocycles. The van der Waals surface area contributed by atoms with E-state index >= 15 is 0 Å². The molecule has 0 saturated carbocycles. The topological polar surface area (TPSA) is 55.8 Å². The van der Waals surface area contributed by atoms with Crippen LogP contribution in [-0.2, 0) is 13.0 Å². The van der Waals surface area contributed by atoms with Gasteiger partial charge in [-0.3, -0.25) is 0 Å². The highest BCUT2D eigenvalue weighted by Crippen LogP contribution is 2.14. The van der Waals surface area contributed by atoms with E-state index in [0.717, 1.165) is 37.0 Å². The number of thiazole rings is 1. The molecule has 1 aliphatic heterocycles. The molecule has 150 valence electrons. The van der Waals surface area contributed by atoms with Crippen molar-refractivity contribution in [1.82, 2.24) is 25.4 Å². The molecular weight excluding hydrogens is 459 g/mol. The minimum Gasteiger partial charge on any atom is -0.357 e. The molecule has 1 aromatic heterocycles. The number of likely N-dealkylation sites (N-methyl/N-ethyl adjacent to an activating group) is 1. The summed E-state index contributed by atoms with van der Waals surface area (Å²) in [6, 6.07) is 0. The highest BCUT2D eigenvalue weighted by Gasteiger charge is 2.16. The first-order valence-electron chi connectivity index (χ1n) is 9.47. The molecule has 2 rings (SSSR count). The van der Waals surface area contributed by atoms with Gasteiger partial charge in [0.25, 0.3) is 0 Å². The van der Waals surface area contributed by atoms with Gasteiger partial charge in [-0.25, -0.2) is 9.98 Å². The second-order valence-corrected chi connectivity index (χ2v) is 8.06. The predicted molar refractivity (Wildman–Crippen MR) is 123 cm³/mol. The molecule has 0 radical (unpaired) electrons. The van der Waals surface area contributed by atoms with Gasteiger partial charge in [-0.15, -0.1) is 35.3 Å². The molecule has 1 unspecified atom stereocenters. The van der Waals surface area contributed by atoms with Crippen LogP contribution in [0.2, 0.25) is 0 Å². The van der Waals surface area contributed by atoms with E-state index < -0.39 is 0 Å². The Kier molecular flexibility index (Phi) is 11.7. The third-order valence-corrected chi connectivity index (χ3v) is 5.58. The minimum absolute atomic E-state index is 0. The van der Waals surface area contributed by atoms with Crippen molar-refractivity contribution < 1.29 is 0 Å². The van der Waals surface area contributed by atoms with Gasteiger partial charge in [0.05, 0.1) is 6.54 Å². The van der Waals surface area contributed by atoms with Crippen molar-refractivity contribution in [2.45, 2.75) is 33.7 Å². The van der Waals surface area contributed by atoms with Crippen molar-refractivity contribution in [2.24, 2.45) is 10.9 Å². The monoisotopic (exact) mass is 494 g/mol. The van der Waals surface area contributed by atoms with E-state index in [1.807, 2.05) is 6.20 Å². The molecule has 0 spiro atoms. The molecular formula is C18H35IN6S. The second-order valence-electron chi connectivity index (χ2n) is 6.86. The lowest BCUT2D eigenvalue weighted by Crippen LogP contribution is -2.47. The fraction of sp³-hybridized carbons (Fsp3) is 0.778. The number of nitrogens with zero attached hydrogens (tertiary/aromatic N) is 4. The molecule has 1 atom stereocenters. The van der Waals surface area contributed by atoms with Crippen LogP contribution >= 0.6 is 35.3 Å². The van der Waals surface area contributed by atoms with Crippen molar-refractivity contribution in [3.05, 3.63) is 16.1 Å². The molecule has 0 amide bonds. The molecule has 8 heteroatoms. The van der Waals surface area contributed by atoms with Gasteiger partial charge < -0.3 is 20.4 Å². The third kappa shape index (κ3) is 8.49. The van der Waals surface area contributed by atoms with Crippen molar-refractivity contribution in [1.29, 1.82) is 0 Å². The molecule has 0 aromatic carbocycles. The average Bonchev–Trinajstić information content (AvgIpc) is 3.07. The molecule has 1 aromatic rings. The van der Waals surface area contributed by atoms with E-state index in [1.54, 1.807) is 11.3 Å². The average molecular weight is 494 g/mol. The van der Waals surface area contributed by atoms with Crippen LogP contribution in [-0.4, -0.2) is 73.6 Å². The van der Waals surface area contributed by atoms with Gasteiger partial charge in [0.15, 0.2) is 5.96 Å². The lowest BCUT2D eigenvalue weighted by molar-refractivity contribution is 0.139. The summed E-state index contributed by atoms with van der Waals surface area (Å²) in [4.78, 5) is 15.4. The lowest BCUT2D eigenvalue weighted by atomic mass is 10.1. The number of nitrogens with one attached hydrogen (secondary N) is 2. The van der Waals surface area contributed by atoms with E-state index in [4.69, 9.17) is 0 Å². The highest BCUT2D eigenvalue weighted by atomic mass is 127. The maximum Gasteiger partial charge on any atom is 0.191 e. The zero-order valence-electron chi connectivity index (χ0n) is 16.6. The zero-order valence-corrected chi connectivity index (χ0v) is 19.8. The Labute approximate surface area is 179 Å². The summed E-state index contributed by atoms with van der Waals surface area (Å²) in [6.07, 6.45) is 3.01. The molecule has 1 aliphatic rings. The number of guanidine groups is 1. The van der Waals surface area contributed by atoms with E-state index in [-0.39, 0.29) is 24.0 Å². The van der Waals surface area contributed by atoms with Crippen molar-refractivity contribution in [3.63, 3.8) is 0 Å². The summed E-state index contributed by atoms with van der Waals surface area (Å²) in [5, 5.41) is 7.91. The van der Waals surface area contributed by atoms with Crippen LogP contribution in [0.25, 0.3) is 0 Å². The Bertz CT molecular complexity index is 528. The van der Waals surface area contributed by atoms with Gasteiger partial charge in [-0.2, -0.15) is 0 Å². The Morgan fingerprint density at radius 3 is 2.62 bits per heavy atom. The van der Waals surface area contributed by atoms with Crippen molar-refractivity contribution in [2.75, 3.05) is 52.9 Å². The summed E-state index contributed by atoms with van der Waals surface area (Å²) in [6.45, 7) is 14.9. The number of aliphatic imine (C=N–C) groups is 1. The summed E-state index contributed by atoms with van der Waals surface area (Å²) >= 11 is 1.76. The Hall–Kier alpha value is -0.450. The first kappa shape index (κ1) is 23.6. The van der Waals surface area contributed by atoms with Gasteiger partial charge in [-0.05, 0) is 26.3 Å². The molecule has 6 nitrogen and oxygen atoms in total. The normalized spacial score (nSPS) is 17.6. The summed E-state index contributed by atoms with van der Waals surface area (Å²) in [5.41, 5.74) is 0. The van der Waals surface area contributed by atoms with Crippen LogP contribution in [0.15, 0.2) is 11.2 Å². The molecule has 0 bridgehead atoms. The van der Waals surface area contributed by atoms with Crippen LogP contribution in [0, 0.1) is 5.92 Å². The molecule has 2 N–H and O–H groups in total. The minimum atomic E-state index is 0. The number of aryl methyl sites for hydroxylation is 1. The van der Waals surface area contributed by atoms with Gasteiger partial charge in [-0.1, -0.05) is 13.8 Å². The quantitative estimate of drug-likeness (QED) is 0.330. The smallest absolute Gasteiger partial charge is 0.191 e. The standard InChI is InChI=1S/C18H34N6S.HI/c1-5-16-12-20-17(25-16)13-22-18(19-6-2)21-11-15(3)14-24-9-7-23(4)8-10-24;/h12,15H,5-11,13-14H2,1-4H3,(H2,19,21,22);1H. The first-order valence-corrected chi connectivity index (χ1v) is 10.3. The third-order valence-electron chi connectivity index (χ3n) is 4.45. The van der Waals surface area contributed by atoms with Gasteiger partial charge in [0, 0.05) is 56.9 Å². The Morgan fingerprint density at radius 1 is 1.27 bits per heavy atom. The van der Waals surface area contributed by atoms with E-state index in [0.29, 0.717) is 12.5 Å². The van der Waals surface area contributed by atoms with Gasteiger partial charge in [0.1, 0.15) is 5.01 Å². The maximum absolute atomic E-state index is 4.68. The maximum atomic E-state index is 4.68. The fourth-order valence-electron chi connectivity index (χ4n) is 2.88.